The van der Waals surface area contributed by atoms with Crippen LogP contribution in [0.3, 0.4) is 0 Å². The molecule has 2 rings (SSSR count). The zero-order chi connectivity index (χ0) is 14.6. The van der Waals surface area contributed by atoms with Gasteiger partial charge in [0.2, 0.25) is 0 Å². The smallest absolute Gasteiger partial charge is 0.177 e. The number of nitrogens with two attached hydrogens (primary N) is 1. The van der Waals surface area contributed by atoms with Gasteiger partial charge in [-0.25, -0.2) is 8.42 Å². The second-order valence-electron chi connectivity index (χ2n) is 5.29. The Balaban J connectivity index is 1.80. The number of nitrogen functional groups attached to an aromatic ring is 1. The van der Waals surface area contributed by atoms with Gasteiger partial charge in [0, 0.05) is 26.0 Å². The van der Waals surface area contributed by atoms with Crippen LogP contribution in [0, 0.1) is 5.92 Å². The van der Waals surface area contributed by atoms with Crippen LogP contribution in [0.25, 0.3) is 0 Å². The van der Waals surface area contributed by atoms with Gasteiger partial charge in [0.05, 0.1) is 16.3 Å². The molecule has 0 bridgehead atoms. The molecule has 1 aromatic carbocycles. The van der Waals surface area contributed by atoms with Crippen molar-refractivity contribution in [1.29, 1.82) is 0 Å². The van der Waals surface area contributed by atoms with Crippen molar-refractivity contribution in [2.75, 3.05) is 37.1 Å². The molecule has 0 saturated heterocycles. The van der Waals surface area contributed by atoms with Crippen LogP contribution in [-0.2, 0) is 14.6 Å². The van der Waals surface area contributed by atoms with Gasteiger partial charge in [-0.05, 0) is 37.3 Å². The van der Waals surface area contributed by atoms with E-state index in [2.05, 4.69) is 5.32 Å². The molecule has 3 N–H and O–H groups in total. The largest absolute Gasteiger partial charge is 0.396 e. The first-order valence-electron chi connectivity index (χ1n) is 6.88. The van der Waals surface area contributed by atoms with Crippen molar-refractivity contribution in [2.24, 2.45) is 5.92 Å². The average molecular weight is 298 g/mol. The van der Waals surface area contributed by atoms with Crippen molar-refractivity contribution in [3.05, 3.63) is 18.2 Å². The van der Waals surface area contributed by atoms with Crippen LogP contribution in [-0.4, -0.2) is 34.4 Å². The van der Waals surface area contributed by atoms with Crippen LogP contribution in [0.4, 0.5) is 11.4 Å². The second-order valence-corrected chi connectivity index (χ2v) is 7.27. The molecule has 1 fully saturated rings. The fourth-order valence-electron chi connectivity index (χ4n) is 1.95. The van der Waals surface area contributed by atoms with Crippen molar-refractivity contribution in [3.63, 3.8) is 0 Å². The molecule has 20 heavy (non-hydrogen) atoms. The number of anilines is 2. The molecule has 1 aliphatic carbocycles. The zero-order valence-corrected chi connectivity index (χ0v) is 12.6. The Morgan fingerprint density at radius 1 is 1.40 bits per heavy atom. The lowest BCUT2D eigenvalue weighted by molar-refractivity contribution is 0.124. The highest BCUT2D eigenvalue weighted by Crippen LogP contribution is 2.29. The van der Waals surface area contributed by atoms with Crippen LogP contribution in [0.1, 0.15) is 19.3 Å². The molecule has 112 valence electrons. The summed E-state index contributed by atoms with van der Waals surface area (Å²) in [5, 5.41) is 3.16. The van der Waals surface area contributed by atoms with Crippen molar-refractivity contribution < 1.29 is 13.2 Å². The molecule has 0 aromatic heterocycles. The first-order valence-corrected chi connectivity index (χ1v) is 8.78. The summed E-state index contributed by atoms with van der Waals surface area (Å²) in [5.74, 6) is 0.782. The standard InChI is InChI=1S/C14H22N2O3S/c1-20(17,18)13-5-2-4-12(14(13)15)16-8-3-9-19-10-11-6-7-11/h2,4-5,11,16H,3,6-10,15H2,1H3. The molecule has 5 nitrogen and oxygen atoms in total. The Bertz CT molecular complexity index is 554. The van der Waals surface area contributed by atoms with Gasteiger partial charge < -0.3 is 15.8 Å². The maximum absolute atomic E-state index is 11.6. The van der Waals surface area contributed by atoms with E-state index < -0.39 is 9.84 Å². The number of hydrogen-bond donors (Lipinski definition) is 2. The Hall–Kier alpha value is -1.27. The molecule has 0 aliphatic heterocycles. The minimum atomic E-state index is -3.29. The lowest BCUT2D eigenvalue weighted by atomic mass is 10.2. The minimum absolute atomic E-state index is 0.174. The van der Waals surface area contributed by atoms with Crippen molar-refractivity contribution in [2.45, 2.75) is 24.2 Å². The van der Waals surface area contributed by atoms with Gasteiger partial charge in [0.1, 0.15) is 0 Å². The number of ether oxygens (including phenoxy) is 1. The van der Waals surface area contributed by atoms with Crippen LogP contribution >= 0.6 is 0 Å². The number of nitrogens with one attached hydrogen (secondary N) is 1. The summed E-state index contributed by atoms with van der Waals surface area (Å²) in [6.45, 7) is 2.29. The van der Waals surface area contributed by atoms with Gasteiger partial charge >= 0.3 is 0 Å². The van der Waals surface area contributed by atoms with E-state index in [0.717, 1.165) is 31.8 Å². The highest BCUT2D eigenvalue weighted by Gasteiger charge is 2.20. The molecule has 0 atom stereocenters. The third-order valence-corrected chi connectivity index (χ3v) is 4.45. The Morgan fingerprint density at radius 2 is 2.15 bits per heavy atom. The third kappa shape index (κ3) is 4.38. The summed E-state index contributed by atoms with van der Waals surface area (Å²) in [6, 6.07) is 5.00. The van der Waals surface area contributed by atoms with Crippen molar-refractivity contribution in [1.82, 2.24) is 0 Å². The highest BCUT2D eigenvalue weighted by atomic mass is 32.2. The van der Waals surface area contributed by atoms with Crippen molar-refractivity contribution >= 4 is 21.2 Å². The second kappa shape index (κ2) is 6.45. The van der Waals surface area contributed by atoms with E-state index in [4.69, 9.17) is 10.5 Å². The summed E-state index contributed by atoms with van der Waals surface area (Å²) < 4.78 is 28.7. The van der Waals surface area contributed by atoms with E-state index in [1.54, 1.807) is 12.1 Å². The van der Waals surface area contributed by atoms with E-state index in [9.17, 15) is 8.42 Å². The Labute approximate surface area is 120 Å². The van der Waals surface area contributed by atoms with Crippen LogP contribution in [0.15, 0.2) is 23.1 Å². The van der Waals surface area contributed by atoms with Gasteiger partial charge in [0.15, 0.2) is 9.84 Å². The molecule has 1 aliphatic rings. The number of rotatable bonds is 8. The van der Waals surface area contributed by atoms with E-state index in [0.29, 0.717) is 12.2 Å². The average Bonchev–Trinajstić information content (AvgIpc) is 3.18. The molecule has 0 radical (unpaired) electrons. The number of para-hydroxylation sites is 1. The SMILES string of the molecule is CS(=O)(=O)c1cccc(NCCCOCC2CC2)c1N. The summed E-state index contributed by atoms with van der Waals surface area (Å²) in [5.41, 5.74) is 6.83. The lowest BCUT2D eigenvalue weighted by Crippen LogP contribution is -2.10. The van der Waals surface area contributed by atoms with E-state index in [-0.39, 0.29) is 10.6 Å². The van der Waals surface area contributed by atoms with Crippen LogP contribution < -0.4 is 11.1 Å². The van der Waals surface area contributed by atoms with E-state index in [1.807, 2.05) is 0 Å². The maximum atomic E-state index is 11.6. The van der Waals surface area contributed by atoms with E-state index >= 15 is 0 Å². The van der Waals surface area contributed by atoms with Crippen molar-refractivity contribution in [3.8, 4) is 0 Å². The molecule has 0 unspecified atom stereocenters. The molecule has 0 spiro atoms. The van der Waals surface area contributed by atoms with E-state index in [1.165, 1.54) is 18.9 Å². The number of benzene rings is 1. The molecular weight excluding hydrogens is 276 g/mol. The molecule has 6 heteroatoms. The zero-order valence-electron chi connectivity index (χ0n) is 11.8. The maximum Gasteiger partial charge on any atom is 0.177 e. The van der Waals surface area contributed by atoms with Gasteiger partial charge in [0.25, 0.3) is 0 Å². The summed E-state index contributed by atoms with van der Waals surface area (Å²) >= 11 is 0. The predicted molar refractivity (Wildman–Crippen MR) is 80.6 cm³/mol. The molecule has 1 saturated carbocycles. The predicted octanol–water partition coefficient (Wildman–Crippen LogP) is 1.90. The Kier molecular flexibility index (Phi) is 4.88. The lowest BCUT2D eigenvalue weighted by Gasteiger charge is -2.12. The fourth-order valence-corrected chi connectivity index (χ4v) is 2.79. The molecule has 0 amide bonds. The quantitative estimate of drug-likeness (QED) is 0.566. The molecular formula is C14H22N2O3S. The van der Waals surface area contributed by atoms with Gasteiger partial charge in [-0.1, -0.05) is 6.07 Å². The van der Waals surface area contributed by atoms with Gasteiger partial charge in [-0.2, -0.15) is 0 Å². The molecule has 0 heterocycles. The normalized spacial score (nSPS) is 15.2. The summed E-state index contributed by atoms with van der Waals surface area (Å²) in [7, 11) is -3.29. The number of hydrogen-bond acceptors (Lipinski definition) is 5. The summed E-state index contributed by atoms with van der Waals surface area (Å²) in [4.78, 5) is 0.174. The van der Waals surface area contributed by atoms with Crippen LogP contribution in [0.2, 0.25) is 0 Å². The van der Waals surface area contributed by atoms with Gasteiger partial charge in [-0.3, -0.25) is 0 Å². The first kappa shape index (κ1) is 15.1. The first-order chi connectivity index (χ1) is 9.48. The van der Waals surface area contributed by atoms with Crippen LogP contribution in [0.5, 0.6) is 0 Å². The highest BCUT2D eigenvalue weighted by molar-refractivity contribution is 7.90. The molecule has 1 aromatic rings. The Morgan fingerprint density at radius 3 is 2.80 bits per heavy atom. The monoisotopic (exact) mass is 298 g/mol. The summed E-state index contributed by atoms with van der Waals surface area (Å²) in [6.07, 6.45) is 4.63. The third-order valence-electron chi connectivity index (χ3n) is 3.30. The van der Waals surface area contributed by atoms with Gasteiger partial charge in [-0.15, -0.1) is 0 Å². The fraction of sp³-hybridized carbons (Fsp3) is 0.571. The minimum Gasteiger partial charge on any atom is -0.396 e. The topological polar surface area (TPSA) is 81.4 Å². The number of sulfone groups is 1.